The van der Waals surface area contributed by atoms with Gasteiger partial charge in [0.1, 0.15) is 0 Å². The van der Waals surface area contributed by atoms with E-state index in [0.29, 0.717) is 16.2 Å². The topological polar surface area (TPSA) is 67.6 Å². The molecule has 1 aromatic rings. The smallest absolute Gasteiger partial charge is 0.321 e. The van der Waals surface area contributed by atoms with Crippen LogP contribution in [0.2, 0.25) is 5.02 Å². The summed E-state index contributed by atoms with van der Waals surface area (Å²) < 4.78 is 36.5. The molecule has 0 aliphatic heterocycles. The SMILES string of the molecule is C/C=C(\C=C/CC(F)(F)F)CN(N)/C(=N\N)c1ccccc1Cl.CC. The lowest BCUT2D eigenvalue weighted by molar-refractivity contribution is -0.125. The Morgan fingerprint density at radius 2 is 1.88 bits per heavy atom. The van der Waals surface area contributed by atoms with Crippen molar-refractivity contribution in [2.45, 2.75) is 33.4 Å². The van der Waals surface area contributed by atoms with Crippen LogP contribution in [0.3, 0.4) is 0 Å². The lowest BCUT2D eigenvalue weighted by Crippen LogP contribution is -2.40. The Kier molecular flexibility index (Phi) is 10.6. The van der Waals surface area contributed by atoms with Crippen molar-refractivity contribution in [2.24, 2.45) is 16.8 Å². The molecule has 0 bridgehead atoms. The highest BCUT2D eigenvalue weighted by Gasteiger charge is 2.24. The molecule has 1 aromatic carbocycles. The standard InChI is InChI=1S/C15H18ClF3N4.C2H6/c1-2-11(6-5-9-15(17,18)19)10-23(21)14(22-20)12-7-3-4-8-13(12)16;1-2/h2-8H,9-10,20-21H2,1H3;1-2H3/b6-5-,11-2+,22-14-;. The van der Waals surface area contributed by atoms with Crippen molar-refractivity contribution < 1.29 is 13.2 Å². The van der Waals surface area contributed by atoms with Gasteiger partial charge >= 0.3 is 6.18 Å². The molecule has 25 heavy (non-hydrogen) atoms. The van der Waals surface area contributed by atoms with Crippen LogP contribution in [0.4, 0.5) is 13.2 Å². The van der Waals surface area contributed by atoms with Crippen LogP contribution in [0.1, 0.15) is 32.8 Å². The van der Waals surface area contributed by atoms with Crippen molar-refractivity contribution in [3.63, 3.8) is 0 Å². The van der Waals surface area contributed by atoms with Gasteiger partial charge in [0.25, 0.3) is 0 Å². The van der Waals surface area contributed by atoms with Crippen molar-refractivity contribution in [3.8, 4) is 0 Å². The predicted molar refractivity (Wildman–Crippen MR) is 98.0 cm³/mol. The van der Waals surface area contributed by atoms with Gasteiger partial charge in [-0.15, -0.1) is 0 Å². The molecule has 4 nitrogen and oxygen atoms in total. The third-order valence-corrected chi connectivity index (χ3v) is 3.24. The van der Waals surface area contributed by atoms with Gasteiger partial charge in [-0.25, -0.2) is 5.84 Å². The number of benzene rings is 1. The van der Waals surface area contributed by atoms with E-state index in [1.807, 2.05) is 13.8 Å². The van der Waals surface area contributed by atoms with E-state index >= 15 is 0 Å². The Morgan fingerprint density at radius 3 is 2.36 bits per heavy atom. The van der Waals surface area contributed by atoms with Gasteiger partial charge in [0.15, 0.2) is 5.84 Å². The van der Waals surface area contributed by atoms with Crippen molar-refractivity contribution in [2.75, 3.05) is 6.54 Å². The molecule has 1 rings (SSSR count). The molecule has 0 unspecified atom stereocenters. The average molecular weight is 377 g/mol. The lowest BCUT2D eigenvalue weighted by Gasteiger charge is -2.21. The maximum atomic E-state index is 12.2. The van der Waals surface area contributed by atoms with Gasteiger partial charge in [0.05, 0.1) is 18.0 Å². The Bertz CT molecular complexity index is 610. The first-order chi connectivity index (χ1) is 11.8. The monoisotopic (exact) mass is 376 g/mol. The Labute approximate surface area is 151 Å². The second-order valence-electron chi connectivity index (χ2n) is 4.65. The van der Waals surface area contributed by atoms with Crippen molar-refractivity contribution >= 4 is 17.4 Å². The van der Waals surface area contributed by atoms with E-state index in [0.717, 1.165) is 6.08 Å². The highest BCUT2D eigenvalue weighted by Crippen LogP contribution is 2.20. The number of allylic oxidation sites excluding steroid dienone is 2. The third kappa shape index (κ3) is 8.60. The fraction of sp³-hybridized carbons (Fsp3) is 0.353. The number of nitrogens with zero attached hydrogens (tertiary/aromatic N) is 2. The normalized spacial score (nSPS) is 12.8. The molecular weight excluding hydrogens is 353 g/mol. The number of alkyl halides is 3. The van der Waals surface area contributed by atoms with Gasteiger partial charge in [0.2, 0.25) is 0 Å². The number of hydrazine groups is 1. The summed E-state index contributed by atoms with van der Waals surface area (Å²) in [5, 5.41) is 5.28. The lowest BCUT2D eigenvalue weighted by atomic mass is 10.1. The molecule has 0 spiro atoms. The largest absolute Gasteiger partial charge is 0.392 e. The zero-order chi connectivity index (χ0) is 19.5. The van der Waals surface area contributed by atoms with Crippen LogP contribution in [-0.2, 0) is 0 Å². The van der Waals surface area contributed by atoms with Crippen molar-refractivity contribution in [1.82, 2.24) is 5.01 Å². The van der Waals surface area contributed by atoms with Gasteiger partial charge < -0.3 is 5.84 Å². The zero-order valence-electron chi connectivity index (χ0n) is 14.5. The minimum atomic E-state index is -4.24. The molecule has 140 valence electrons. The summed E-state index contributed by atoms with van der Waals surface area (Å²) in [4.78, 5) is 0. The second kappa shape index (κ2) is 11.5. The van der Waals surface area contributed by atoms with E-state index in [1.54, 1.807) is 37.3 Å². The Balaban J connectivity index is 0.00000277. The maximum absolute atomic E-state index is 12.2. The number of hydrogen-bond donors (Lipinski definition) is 2. The molecule has 4 N–H and O–H groups in total. The second-order valence-corrected chi connectivity index (χ2v) is 5.05. The summed E-state index contributed by atoms with van der Waals surface area (Å²) in [5.41, 5.74) is 1.12. The third-order valence-electron chi connectivity index (χ3n) is 2.91. The molecule has 0 saturated heterocycles. The minimum Gasteiger partial charge on any atom is -0.321 e. The van der Waals surface area contributed by atoms with E-state index in [4.69, 9.17) is 23.3 Å². The number of hydrogen-bond acceptors (Lipinski definition) is 3. The van der Waals surface area contributed by atoms with E-state index < -0.39 is 12.6 Å². The number of amidine groups is 1. The van der Waals surface area contributed by atoms with E-state index in [1.165, 1.54) is 11.1 Å². The molecule has 0 aromatic heterocycles. The van der Waals surface area contributed by atoms with Crippen LogP contribution < -0.4 is 11.7 Å². The zero-order valence-corrected chi connectivity index (χ0v) is 15.3. The molecule has 8 heteroatoms. The molecule has 0 saturated carbocycles. The van der Waals surface area contributed by atoms with Crippen molar-refractivity contribution in [1.29, 1.82) is 0 Å². The number of hydrazone groups is 1. The number of nitrogens with two attached hydrogens (primary N) is 2. The first-order valence-electron chi connectivity index (χ1n) is 7.72. The minimum absolute atomic E-state index is 0.131. The summed E-state index contributed by atoms with van der Waals surface area (Å²) in [7, 11) is 0. The molecule has 0 amide bonds. The van der Waals surface area contributed by atoms with Crippen LogP contribution in [-0.4, -0.2) is 23.6 Å². The van der Waals surface area contributed by atoms with E-state index in [-0.39, 0.29) is 12.4 Å². The predicted octanol–water partition coefficient (Wildman–Crippen LogP) is 4.62. The molecule has 0 heterocycles. The van der Waals surface area contributed by atoms with Crippen molar-refractivity contribution in [3.05, 3.63) is 58.7 Å². The number of rotatable bonds is 5. The average Bonchev–Trinajstić information content (AvgIpc) is 2.57. The van der Waals surface area contributed by atoms with Gasteiger partial charge in [0, 0.05) is 5.56 Å². The molecular formula is C17H24ClF3N4. The molecule has 0 atom stereocenters. The molecule has 0 aliphatic carbocycles. The summed E-state index contributed by atoms with van der Waals surface area (Å²) >= 11 is 6.07. The van der Waals surface area contributed by atoms with Gasteiger partial charge in [-0.05, 0) is 24.6 Å². The molecule has 0 fully saturated rings. The highest BCUT2D eigenvalue weighted by molar-refractivity contribution is 6.34. The van der Waals surface area contributed by atoms with Crippen LogP contribution >= 0.6 is 11.6 Å². The molecule has 0 aliphatic rings. The Morgan fingerprint density at radius 1 is 1.28 bits per heavy atom. The Hall–Kier alpha value is -1.99. The van der Waals surface area contributed by atoms with Crippen LogP contribution in [0.25, 0.3) is 0 Å². The fourth-order valence-electron chi connectivity index (χ4n) is 1.80. The van der Waals surface area contributed by atoms with Crippen LogP contribution in [0, 0.1) is 0 Å². The van der Waals surface area contributed by atoms with E-state index in [2.05, 4.69) is 5.10 Å². The van der Waals surface area contributed by atoms with Gasteiger partial charge in [-0.3, -0.25) is 5.01 Å². The van der Waals surface area contributed by atoms with Crippen LogP contribution in [0.5, 0.6) is 0 Å². The summed E-state index contributed by atoms with van der Waals surface area (Å²) in [6.45, 7) is 5.84. The summed E-state index contributed by atoms with van der Waals surface area (Å²) in [6, 6.07) is 6.86. The highest BCUT2D eigenvalue weighted by atomic mass is 35.5. The van der Waals surface area contributed by atoms with E-state index in [9.17, 15) is 13.2 Å². The number of halogens is 4. The first-order valence-corrected chi connectivity index (χ1v) is 8.09. The van der Waals surface area contributed by atoms with Gasteiger partial charge in [-0.2, -0.15) is 18.3 Å². The summed E-state index contributed by atoms with van der Waals surface area (Å²) in [6.07, 6.45) is -1.17. The fourth-order valence-corrected chi connectivity index (χ4v) is 2.02. The maximum Gasteiger partial charge on any atom is 0.392 e. The first kappa shape index (κ1) is 23.0. The summed E-state index contributed by atoms with van der Waals surface area (Å²) in [5.74, 6) is 11.5. The van der Waals surface area contributed by atoms with Gasteiger partial charge in [-0.1, -0.05) is 55.8 Å². The molecule has 0 radical (unpaired) electrons. The van der Waals surface area contributed by atoms with Crippen LogP contribution in [0.15, 0.2) is 53.2 Å². The quantitative estimate of drug-likeness (QED) is 0.259.